The first-order valence-electron chi connectivity index (χ1n) is 5.11. The molecule has 1 aromatic carbocycles. The highest BCUT2D eigenvalue weighted by atomic mass is 16.6. The summed E-state index contributed by atoms with van der Waals surface area (Å²) in [6.45, 7) is 0. The normalized spacial score (nSPS) is 10.1. The Hall–Kier alpha value is -3.03. The Morgan fingerprint density at radius 2 is 1.53 bits per heavy atom. The van der Waals surface area contributed by atoms with Crippen molar-refractivity contribution in [3.63, 3.8) is 0 Å². The molecule has 1 heterocycles. The number of nitro benzene ring substituents is 1. The number of nitrogens with one attached hydrogen (secondary N) is 1. The van der Waals surface area contributed by atoms with Crippen molar-refractivity contribution >= 4 is 11.4 Å². The molecule has 0 aliphatic carbocycles. The first-order chi connectivity index (χ1) is 8.99. The molecule has 8 heteroatoms. The maximum Gasteiger partial charge on any atom is 0.333 e. The molecule has 0 saturated carbocycles. The second-order valence-electron chi connectivity index (χ2n) is 3.65. The minimum absolute atomic E-state index is 0.0759. The topological polar surface area (TPSA) is 119 Å². The summed E-state index contributed by atoms with van der Waals surface area (Å²) >= 11 is 0. The van der Waals surface area contributed by atoms with Gasteiger partial charge in [0, 0.05) is 23.9 Å². The molecule has 1 N–H and O–H groups in total. The van der Waals surface area contributed by atoms with E-state index in [4.69, 9.17) is 0 Å². The summed E-state index contributed by atoms with van der Waals surface area (Å²) in [4.78, 5) is 33.5. The molecule has 96 valence electrons. The number of H-pyrrole nitrogens is 1. The van der Waals surface area contributed by atoms with Crippen LogP contribution in [-0.4, -0.2) is 14.8 Å². The van der Waals surface area contributed by atoms with Crippen molar-refractivity contribution in [1.29, 1.82) is 0 Å². The molecule has 0 radical (unpaired) electrons. The third kappa shape index (κ3) is 2.46. The SMILES string of the molecule is O=c1[nH]c(-c2ccc([N+](=O)[O-])cc2)ccc1[N+](=O)[O-]. The van der Waals surface area contributed by atoms with Gasteiger partial charge in [0.1, 0.15) is 0 Å². The molecular formula is C11H7N3O5. The molecule has 0 amide bonds. The van der Waals surface area contributed by atoms with Crippen LogP contribution < -0.4 is 5.56 Å². The number of benzene rings is 1. The summed E-state index contributed by atoms with van der Waals surface area (Å²) in [6.07, 6.45) is 0. The molecule has 0 atom stereocenters. The van der Waals surface area contributed by atoms with Gasteiger partial charge in [-0.25, -0.2) is 0 Å². The number of non-ortho nitro benzene ring substituents is 1. The van der Waals surface area contributed by atoms with Crippen molar-refractivity contribution in [2.24, 2.45) is 0 Å². The summed E-state index contributed by atoms with van der Waals surface area (Å²) in [5.74, 6) is 0. The van der Waals surface area contributed by atoms with Gasteiger partial charge in [0.25, 0.3) is 5.69 Å². The molecule has 2 rings (SSSR count). The molecule has 8 nitrogen and oxygen atoms in total. The van der Waals surface area contributed by atoms with Crippen LogP contribution in [0.25, 0.3) is 11.3 Å². The lowest BCUT2D eigenvalue weighted by Gasteiger charge is -2.00. The van der Waals surface area contributed by atoms with Gasteiger partial charge in [-0.1, -0.05) is 0 Å². The highest BCUT2D eigenvalue weighted by Crippen LogP contribution is 2.20. The first kappa shape index (κ1) is 12.4. The van der Waals surface area contributed by atoms with Crippen LogP contribution >= 0.6 is 0 Å². The first-order valence-corrected chi connectivity index (χ1v) is 5.11. The highest BCUT2D eigenvalue weighted by molar-refractivity contribution is 5.61. The van der Waals surface area contributed by atoms with E-state index in [0.29, 0.717) is 11.3 Å². The molecule has 19 heavy (non-hydrogen) atoms. The average molecular weight is 261 g/mol. The van der Waals surface area contributed by atoms with Crippen LogP contribution in [0.3, 0.4) is 0 Å². The van der Waals surface area contributed by atoms with Crippen LogP contribution in [-0.2, 0) is 0 Å². The average Bonchev–Trinajstić information content (AvgIpc) is 2.38. The van der Waals surface area contributed by atoms with Crippen molar-refractivity contribution in [2.75, 3.05) is 0 Å². The van der Waals surface area contributed by atoms with E-state index in [9.17, 15) is 25.0 Å². The third-order valence-electron chi connectivity index (χ3n) is 2.47. The smallest absolute Gasteiger partial charge is 0.316 e. The van der Waals surface area contributed by atoms with Gasteiger partial charge in [-0.05, 0) is 23.8 Å². The van der Waals surface area contributed by atoms with Gasteiger partial charge in [-0.2, -0.15) is 0 Å². The predicted octanol–water partition coefficient (Wildman–Crippen LogP) is 1.86. The van der Waals surface area contributed by atoms with Gasteiger partial charge < -0.3 is 4.98 Å². The van der Waals surface area contributed by atoms with Crippen LogP contribution in [0.2, 0.25) is 0 Å². The molecule has 0 aliphatic rings. The standard InChI is InChI=1S/C11H7N3O5/c15-11-10(14(18)19)6-5-9(12-11)7-1-3-8(4-2-7)13(16)17/h1-6H,(H,12,15). The van der Waals surface area contributed by atoms with E-state index >= 15 is 0 Å². The number of hydrogen-bond donors (Lipinski definition) is 1. The van der Waals surface area contributed by atoms with Crippen molar-refractivity contribution in [1.82, 2.24) is 4.98 Å². The van der Waals surface area contributed by atoms with Gasteiger partial charge >= 0.3 is 11.2 Å². The molecular weight excluding hydrogens is 254 g/mol. The van der Waals surface area contributed by atoms with Crippen molar-refractivity contribution in [2.45, 2.75) is 0 Å². The third-order valence-corrected chi connectivity index (χ3v) is 2.47. The lowest BCUT2D eigenvalue weighted by Crippen LogP contribution is -2.11. The zero-order valence-electron chi connectivity index (χ0n) is 9.40. The van der Waals surface area contributed by atoms with Crippen LogP contribution in [0.5, 0.6) is 0 Å². The summed E-state index contributed by atoms with van der Waals surface area (Å²) < 4.78 is 0. The molecule has 0 bridgehead atoms. The molecule has 0 spiro atoms. The second-order valence-corrected chi connectivity index (χ2v) is 3.65. The Kier molecular flexibility index (Phi) is 3.06. The fourth-order valence-corrected chi connectivity index (χ4v) is 1.54. The zero-order chi connectivity index (χ0) is 14.0. The Morgan fingerprint density at radius 3 is 2.00 bits per heavy atom. The maximum absolute atomic E-state index is 11.4. The van der Waals surface area contributed by atoms with Crippen molar-refractivity contribution < 1.29 is 9.85 Å². The molecule has 1 aromatic heterocycles. The van der Waals surface area contributed by atoms with Gasteiger partial charge in [0.15, 0.2) is 0 Å². The molecule has 0 saturated heterocycles. The Morgan fingerprint density at radius 1 is 0.895 bits per heavy atom. The Labute approximate surface area is 105 Å². The molecule has 0 aliphatic heterocycles. The van der Waals surface area contributed by atoms with Crippen LogP contribution in [0.15, 0.2) is 41.2 Å². The van der Waals surface area contributed by atoms with E-state index in [2.05, 4.69) is 4.98 Å². The molecule has 2 aromatic rings. The fourth-order valence-electron chi connectivity index (χ4n) is 1.54. The Bertz CT molecular complexity index is 705. The van der Waals surface area contributed by atoms with Crippen LogP contribution in [0.1, 0.15) is 0 Å². The number of aromatic nitrogens is 1. The lowest BCUT2D eigenvalue weighted by atomic mass is 10.1. The minimum atomic E-state index is -0.819. The van der Waals surface area contributed by atoms with Crippen LogP contribution in [0, 0.1) is 20.2 Å². The number of pyridine rings is 1. The number of rotatable bonds is 3. The summed E-state index contributed by atoms with van der Waals surface area (Å²) in [7, 11) is 0. The maximum atomic E-state index is 11.4. The summed E-state index contributed by atoms with van der Waals surface area (Å²) in [6, 6.07) is 7.95. The largest absolute Gasteiger partial charge is 0.333 e. The predicted molar refractivity (Wildman–Crippen MR) is 65.8 cm³/mol. The highest BCUT2D eigenvalue weighted by Gasteiger charge is 2.13. The monoisotopic (exact) mass is 261 g/mol. The number of hydrogen-bond acceptors (Lipinski definition) is 5. The van der Waals surface area contributed by atoms with Crippen molar-refractivity contribution in [3.8, 4) is 11.3 Å². The van der Waals surface area contributed by atoms with E-state index < -0.39 is 21.1 Å². The zero-order valence-corrected chi connectivity index (χ0v) is 9.40. The van der Waals surface area contributed by atoms with Crippen molar-refractivity contribution in [3.05, 3.63) is 67.0 Å². The van der Waals surface area contributed by atoms with Gasteiger partial charge in [0.05, 0.1) is 9.85 Å². The molecule has 0 unspecified atom stereocenters. The van der Waals surface area contributed by atoms with E-state index in [0.717, 1.165) is 6.07 Å². The number of aromatic amines is 1. The summed E-state index contributed by atoms with van der Waals surface area (Å²) in [5, 5.41) is 21.0. The summed E-state index contributed by atoms with van der Waals surface area (Å²) in [5.41, 5.74) is -0.567. The van der Waals surface area contributed by atoms with E-state index in [-0.39, 0.29) is 5.69 Å². The number of nitro groups is 2. The number of nitrogens with zero attached hydrogens (tertiary/aromatic N) is 2. The van der Waals surface area contributed by atoms with Gasteiger partial charge in [0.2, 0.25) is 0 Å². The fraction of sp³-hybridized carbons (Fsp3) is 0. The lowest BCUT2D eigenvalue weighted by molar-refractivity contribution is -0.386. The minimum Gasteiger partial charge on any atom is -0.316 e. The quantitative estimate of drug-likeness (QED) is 0.667. The Balaban J connectivity index is 2.42. The van der Waals surface area contributed by atoms with E-state index in [1.165, 1.54) is 30.3 Å². The van der Waals surface area contributed by atoms with Gasteiger partial charge in [-0.15, -0.1) is 0 Å². The van der Waals surface area contributed by atoms with Gasteiger partial charge in [-0.3, -0.25) is 25.0 Å². The van der Waals surface area contributed by atoms with E-state index in [1.54, 1.807) is 0 Å². The van der Waals surface area contributed by atoms with E-state index in [1.807, 2.05) is 0 Å². The second kappa shape index (κ2) is 4.69. The van der Waals surface area contributed by atoms with Crippen LogP contribution in [0.4, 0.5) is 11.4 Å². The molecule has 0 fully saturated rings.